The van der Waals surface area contributed by atoms with Gasteiger partial charge in [0.05, 0.1) is 17.6 Å². The summed E-state index contributed by atoms with van der Waals surface area (Å²) in [5.74, 6) is 1.04. The molecule has 5 nitrogen and oxygen atoms in total. The van der Waals surface area contributed by atoms with Crippen LogP contribution in [0.2, 0.25) is 0 Å². The van der Waals surface area contributed by atoms with Gasteiger partial charge in [-0.25, -0.2) is 4.79 Å². The zero-order valence-electron chi connectivity index (χ0n) is 11.3. The van der Waals surface area contributed by atoms with Crippen LogP contribution < -0.4 is 16.2 Å². The molecular weight excluding hydrogens is 266 g/mol. The van der Waals surface area contributed by atoms with Crippen molar-refractivity contribution in [1.82, 2.24) is 9.97 Å². The molecule has 5 heteroatoms. The highest BCUT2D eigenvalue weighted by atomic mass is 16.5. The Morgan fingerprint density at radius 3 is 2.86 bits per heavy atom. The van der Waals surface area contributed by atoms with E-state index in [4.69, 9.17) is 10.5 Å². The highest BCUT2D eigenvalue weighted by Crippen LogP contribution is 2.40. The van der Waals surface area contributed by atoms with Gasteiger partial charge < -0.3 is 20.4 Å². The van der Waals surface area contributed by atoms with Crippen LogP contribution in [0.4, 0.5) is 0 Å². The van der Waals surface area contributed by atoms with Gasteiger partial charge in [-0.2, -0.15) is 0 Å². The molecule has 4 rings (SSSR count). The summed E-state index contributed by atoms with van der Waals surface area (Å²) in [6, 6.07) is 13.6. The Morgan fingerprint density at radius 1 is 1.14 bits per heavy atom. The second-order valence-electron chi connectivity index (χ2n) is 5.37. The van der Waals surface area contributed by atoms with Crippen molar-refractivity contribution in [3.8, 4) is 5.75 Å². The van der Waals surface area contributed by atoms with Gasteiger partial charge in [0.1, 0.15) is 5.75 Å². The Kier molecular flexibility index (Phi) is 2.62. The first-order valence-electron chi connectivity index (χ1n) is 6.91. The van der Waals surface area contributed by atoms with Crippen LogP contribution in [0.1, 0.15) is 23.1 Å². The molecule has 1 aliphatic heterocycles. The Labute approximate surface area is 120 Å². The maximum absolute atomic E-state index is 11.3. The minimum Gasteiger partial charge on any atom is -0.493 e. The fourth-order valence-corrected chi connectivity index (χ4v) is 2.97. The molecule has 0 fully saturated rings. The molecule has 21 heavy (non-hydrogen) atoms. The van der Waals surface area contributed by atoms with Crippen LogP contribution >= 0.6 is 0 Å². The molecule has 1 aliphatic rings. The molecule has 4 N–H and O–H groups in total. The van der Waals surface area contributed by atoms with Crippen molar-refractivity contribution >= 4 is 11.0 Å². The van der Waals surface area contributed by atoms with Crippen LogP contribution in [0.5, 0.6) is 5.75 Å². The number of nitrogens with two attached hydrogens (primary N) is 1. The number of ether oxygens (including phenoxy) is 1. The number of aromatic amines is 2. The van der Waals surface area contributed by atoms with E-state index in [-0.39, 0.29) is 17.6 Å². The number of para-hydroxylation sites is 1. The van der Waals surface area contributed by atoms with Gasteiger partial charge in [0.2, 0.25) is 0 Å². The van der Waals surface area contributed by atoms with Crippen molar-refractivity contribution in [2.45, 2.75) is 12.0 Å². The minimum atomic E-state index is -0.203. The van der Waals surface area contributed by atoms with Crippen LogP contribution in [0.15, 0.2) is 47.3 Å². The highest BCUT2D eigenvalue weighted by molar-refractivity contribution is 5.75. The molecular formula is C16H15N3O2. The molecule has 0 aliphatic carbocycles. The van der Waals surface area contributed by atoms with Crippen molar-refractivity contribution in [1.29, 1.82) is 0 Å². The van der Waals surface area contributed by atoms with Crippen LogP contribution in [-0.4, -0.2) is 16.6 Å². The zero-order valence-corrected chi connectivity index (χ0v) is 11.3. The molecule has 106 valence electrons. The first-order chi connectivity index (χ1) is 10.2. The summed E-state index contributed by atoms with van der Waals surface area (Å²) in [5.41, 5.74) is 9.93. The molecule has 0 spiro atoms. The summed E-state index contributed by atoms with van der Waals surface area (Å²) < 4.78 is 5.70. The molecule has 0 bridgehead atoms. The standard InChI is InChI=1S/C16H15N3O2/c17-15(11-8-21-14-4-2-1-3-10(11)14)9-5-6-12-13(7-9)19-16(20)18-12/h1-7,11,15H,8,17H2,(H2,18,19,20). The maximum atomic E-state index is 11.3. The van der Waals surface area contributed by atoms with E-state index in [1.165, 1.54) is 0 Å². The molecule has 1 aromatic heterocycles. The van der Waals surface area contributed by atoms with Gasteiger partial charge in [-0.05, 0) is 23.8 Å². The lowest BCUT2D eigenvalue weighted by atomic mass is 9.89. The quantitative estimate of drug-likeness (QED) is 0.672. The van der Waals surface area contributed by atoms with E-state index < -0.39 is 0 Å². The molecule has 0 amide bonds. The van der Waals surface area contributed by atoms with Gasteiger partial charge in [-0.1, -0.05) is 24.3 Å². The van der Waals surface area contributed by atoms with Crippen molar-refractivity contribution in [2.75, 3.05) is 6.61 Å². The average molecular weight is 281 g/mol. The van der Waals surface area contributed by atoms with Gasteiger partial charge in [0.25, 0.3) is 0 Å². The number of aromatic nitrogens is 2. The molecule has 3 aromatic rings. The summed E-state index contributed by atoms with van der Waals surface area (Å²) >= 11 is 0. The Balaban J connectivity index is 1.73. The van der Waals surface area contributed by atoms with Crippen LogP contribution in [0, 0.1) is 0 Å². The molecule has 2 atom stereocenters. The SMILES string of the molecule is NC(c1ccc2[nH]c(=O)[nH]c2c1)C1COc2ccccc21. The monoisotopic (exact) mass is 281 g/mol. The van der Waals surface area contributed by atoms with Crippen molar-refractivity contribution in [3.63, 3.8) is 0 Å². The van der Waals surface area contributed by atoms with E-state index in [1.54, 1.807) is 0 Å². The average Bonchev–Trinajstić information content (AvgIpc) is 3.07. The maximum Gasteiger partial charge on any atom is 0.323 e. The second-order valence-corrected chi connectivity index (χ2v) is 5.37. The summed E-state index contributed by atoms with van der Waals surface area (Å²) in [5, 5.41) is 0. The number of imidazole rings is 1. The number of hydrogen-bond donors (Lipinski definition) is 3. The Bertz CT molecular complexity index is 865. The molecule has 0 saturated carbocycles. The molecule has 0 saturated heterocycles. The number of benzene rings is 2. The topological polar surface area (TPSA) is 83.9 Å². The van der Waals surface area contributed by atoms with E-state index in [0.29, 0.717) is 6.61 Å². The number of hydrogen-bond acceptors (Lipinski definition) is 3. The van der Waals surface area contributed by atoms with Crippen molar-refractivity contribution in [3.05, 3.63) is 64.1 Å². The van der Waals surface area contributed by atoms with Gasteiger partial charge in [0, 0.05) is 17.5 Å². The van der Waals surface area contributed by atoms with Crippen LogP contribution in [-0.2, 0) is 0 Å². The lowest BCUT2D eigenvalue weighted by Gasteiger charge is -2.18. The summed E-state index contributed by atoms with van der Waals surface area (Å²) in [6.45, 7) is 0.586. The van der Waals surface area contributed by atoms with Crippen LogP contribution in [0.3, 0.4) is 0 Å². The van der Waals surface area contributed by atoms with Crippen molar-refractivity contribution < 1.29 is 4.74 Å². The molecule has 2 unspecified atom stereocenters. The minimum absolute atomic E-state index is 0.129. The number of rotatable bonds is 2. The summed E-state index contributed by atoms with van der Waals surface area (Å²) in [7, 11) is 0. The largest absolute Gasteiger partial charge is 0.493 e. The van der Waals surface area contributed by atoms with Crippen molar-refractivity contribution in [2.24, 2.45) is 5.73 Å². The third kappa shape index (κ3) is 1.94. The number of H-pyrrole nitrogens is 2. The van der Waals surface area contributed by atoms with E-state index in [2.05, 4.69) is 16.0 Å². The normalized spacial score (nSPS) is 18.4. The lowest BCUT2D eigenvalue weighted by Crippen LogP contribution is -2.21. The van der Waals surface area contributed by atoms with Gasteiger partial charge in [0.15, 0.2) is 0 Å². The fraction of sp³-hybridized carbons (Fsp3) is 0.188. The predicted octanol–water partition coefficient (Wildman–Crippen LogP) is 2.03. The smallest absolute Gasteiger partial charge is 0.323 e. The predicted molar refractivity (Wildman–Crippen MR) is 80.5 cm³/mol. The molecule has 2 heterocycles. The third-order valence-corrected chi connectivity index (χ3v) is 4.10. The van der Waals surface area contributed by atoms with E-state index in [1.807, 2.05) is 36.4 Å². The van der Waals surface area contributed by atoms with E-state index >= 15 is 0 Å². The first-order valence-corrected chi connectivity index (χ1v) is 6.91. The zero-order chi connectivity index (χ0) is 14.4. The summed E-state index contributed by atoms with van der Waals surface area (Å²) in [6.07, 6.45) is 0. The number of nitrogens with one attached hydrogen (secondary N) is 2. The Hall–Kier alpha value is -2.53. The first kappa shape index (κ1) is 12.2. The fourth-order valence-electron chi connectivity index (χ4n) is 2.97. The van der Waals surface area contributed by atoms with Gasteiger partial charge in [-0.15, -0.1) is 0 Å². The van der Waals surface area contributed by atoms with E-state index in [9.17, 15) is 4.79 Å². The highest BCUT2D eigenvalue weighted by Gasteiger charge is 2.30. The van der Waals surface area contributed by atoms with Gasteiger partial charge in [-0.3, -0.25) is 0 Å². The summed E-state index contributed by atoms with van der Waals surface area (Å²) in [4.78, 5) is 16.8. The third-order valence-electron chi connectivity index (χ3n) is 4.10. The second kappa shape index (κ2) is 4.49. The molecule has 2 aromatic carbocycles. The van der Waals surface area contributed by atoms with Crippen LogP contribution in [0.25, 0.3) is 11.0 Å². The number of fused-ring (bicyclic) bond motifs is 2. The van der Waals surface area contributed by atoms with Gasteiger partial charge >= 0.3 is 5.69 Å². The van der Waals surface area contributed by atoms with E-state index in [0.717, 1.165) is 27.9 Å². The lowest BCUT2D eigenvalue weighted by molar-refractivity contribution is 0.315. The Morgan fingerprint density at radius 2 is 1.95 bits per heavy atom. The molecule has 0 radical (unpaired) electrons.